The third-order valence-corrected chi connectivity index (χ3v) is 3.96. The Hall–Kier alpha value is -1.23. The van der Waals surface area contributed by atoms with E-state index in [1.54, 1.807) is 18.3 Å². The number of carbonyl (C=O) groups is 1. The van der Waals surface area contributed by atoms with Gasteiger partial charge in [0.25, 0.3) is 0 Å². The summed E-state index contributed by atoms with van der Waals surface area (Å²) in [7, 11) is 0. The van der Waals surface area contributed by atoms with Gasteiger partial charge >= 0.3 is 0 Å². The number of halogens is 2. The summed E-state index contributed by atoms with van der Waals surface area (Å²) in [4.78, 5) is 15.7. The number of carbonyl (C=O) groups excluding carboxylic acids is 1. The number of pyridine rings is 1. The molecule has 104 valence electrons. The van der Waals surface area contributed by atoms with Gasteiger partial charge in [0.2, 0.25) is 5.91 Å². The van der Waals surface area contributed by atoms with E-state index in [1.807, 2.05) is 24.3 Å². The molecule has 6 heteroatoms. The Labute approximate surface area is 131 Å². The van der Waals surface area contributed by atoms with Crippen LogP contribution in [0.4, 0.5) is 5.69 Å². The quantitative estimate of drug-likeness (QED) is 0.834. The molecule has 1 heterocycles. The smallest absolute Gasteiger partial charge is 0.234 e. The normalized spacial score (nSPS) is 10.3. The van der Waals surface area contributed by atoms with Crippen LogP contribution in [0.2, 0.25) is 10.2 Å². The van der Waals surface area contributed by atoms with Gasteiger partial charge in [-0.25, -0.2) is 4.98 Å². The summed E-state index contributed by atoms with van der Waals surface area (Å²) in [5, 5.41) is 3.72. The summed E-state index contributed by atoms with van der Waals surface area (Å²) in [5.74, 6) is 0.971. The van der Waals surface area contributed by atoms with Crippen molar-refractivity contribution in [1.29, 1.82) is 0 Å². The van der Waals surface area contributed by atoms with Gasteiger partial charge < -0.3 is 5.32 Å². The van der Waals surface area contributed by atoms with Crippen LogP contribution >= 0.6 is 35.0 Å². The Bertz CT molecular complexity index is 607. The zero-order chi connectivity index (χ0) is 14.4. The number of nitrogens with one attached hydrogen (secondary N) is 1. The lowest BCUT2D eigenvalue weighted by molar-refractivity contribution is -0.113. The summed E-state index contributed by atoms with van der Waals surface area (Å²) in [6, 6.07) is 11.0. The van der Waals surface area contributed by atoms with Crippen molar-refractivity contribution in [2.45, 2.75) is 5.75 Å². The Balaban J connectivity index is 1.80. The molecule has 0 radical (unpaired) electrons. The number of nitrogens with zero attached hydrogens (tertiary/aromatic N) is 1. The second-order valence-electron chi connectivity index (χ2n) is 4.01. The Morgan fingerprint density at radius 3 is 2.85 bits per heavy atom. The molecular formula is C14H12Cl2N2OS. The van der Waals surface area contributed by atoms with Gasteiger partial charge in [0, 0.05) is 17.0 Å². The van der Waals surface area contributed by atoms with Crippen LogP contribution in [0.5, 0.6) is 0 Å². The molecule has 20 heavy (non-hydrogen) atoms. The molecule has 0 atom stereocenters. The van der Waals surface area contributed by atoms with E-state index in [0.29, 0.717) is 21.6 Å². The number of rotatable bonds is 5. The number of aromatic nitrogens is 1. The lowest BCUT2D eigenvalue weighted by Crippen LogP contribution is -2.14. The average Bonchev–Trinajstić information content (AvgIpc) is 2.41. The molecular weight excluding hydrogens is 315 g/mol. The maximum Gasteiger partial charge on any atom is 0.234 e. The SMILES string of the molecule is O=C(CSCc1cccc(Cl)c1)Nc1cccnc1Cl. The first-order chi connectivity index (χ1) is 9.65. The molecule has 0 unspecified atom stereocenters. The van der Waals surface area contributed by atoms with Crippen LogP contribution in [0.1, 0.15) is 5.56 Å². The molecule has 1 aromatic carbocycles. The van der Waals surface area contributed by atoms with Gasteiger partial charge in [-0.2, -0.15) is 0 Å². The highest BCUT2D eigenvalue weighted by Gasteiger charge is 2.06. The van der Waals surface area contributed by atoms with Crippen molar-refractivity contribution < 1.29 is 4.79 Å². The maximum absolute atomic E-state index is 11.8. The van der Waals surface area contributed by atoms with Gasteiger partial charge in [-0.05, 0) is 29.8 Å². The van der Waals surface area contributed by atoms with Crippen molar-refractivity contribution in [2.75, 3.05) is 11.1 Å². The lowest BCUT2D eigenvalue weighted by atomic mass is 10.2. The van der Waals surface area contributed by atoms with E-state index in [-0.39, 0.29) is 5.91 Å². The first-order valence-electron chi connectivity index (χ1n) is 5.88. The zero-order valence-electron chi connectivity index (χ0n) is 10.5. The van der Waals surface area contributed by atoms with E-state index < -0.39 is 0 Å². The van der Waals surface area contributed by atoms with E-state index >= 15 is 0 Å². The molecule has 0 spiro atoms. The summed E-state index contributed by atoms with van der Waals surface area (Å²) < 4.78 is 0. The van der Waals surface area contributed by atoms with Gasteiger partial charge in [-0.3, -0.25) is 4.79 Å². The largest absolute Gasteiger partial charge is 0.323 e. The Morgan fingerprint density at radius 2 is 2.10 bits per heavy atom. The monoisotopic (exact) mass is 326 g/mol. The minimum absolute atomic E-state index is 0.105. The van der Waals surface area contributed by atoms with Crippen molar-refractivity contribution in [3.63, 3.8) is 0 Å². The maximum atomic E-state index is 11.8. The molecule has 0 aliphatic rings. The minimum atomic E-state index is -0.105. The number of thioether (sulfide) groups is 1. The van der Waals surface area contributed by atoms with E-state index in [2.05, 4.69) is 10.3 Å². The second-order valence-corrected chi connectivity index (χ2v) is 5.79. The zero-order valence-corrected chi connectivity index (χ0v) is 12.8. The van der Waals surface area contributed by atoms with E-state index in [0.717, 1.165) is 11.3 Å². The molecule has 3 nitrogen and oxygen atoms in total. The third-order valence-electron chi connectivity index (χ3n) is 2.42. The Kier molecular flexibility index (Phi) is 5.71. The lowest BCUT2D eigenvalue weighted by Gasteiger charge is -2.06. The fourth-order valence-electron chi connectivity index (χ4n) is 1.55. The van der Waals surface area contributed by atoms with Crippen molar-refractivity contribution in [1.82, 2.24) is 4.98 Å². The molecule has 1 aromatic heterocycles. The molecule has 0 saturated heterocycles. The molecule has 2 rings (SSSR count). The molecule has 0 saturated carbocycles. The first-order valence-corrected chi connectivity index (χ1v) is 7.79. The summed E-state index contributed by atoms with van der Waals surface area (Å²) in [6.45, 7) is 0. The van der Waals surface area contributed by atoms with Gasteiger partial charge in [0.15, 0.2) is 5.15 Å². The molecule has 0 aliphatic heterocycles. The van der Waals surface area contributed by atoms with Crippen LogP contribution in [0.25, 0.3) is 0 Å². The highest BCUT2D eigenvalue weighted by Crippen LogP contribution is 2.19. The van der Waals surface area contributed by atoms with Crippen molar-refractivity contribution in [3.05, 3.63) is 58.3 Å². The molecule has 1 N–H and O–H groups in total. The molecule has 0 fully saturated rings. The summed E-state index contributed by atoms with van der Waals surface area (Å²) in [5.41, 5.74) is 1.62. The predicted molar refractivity (Wildman–Crippen MR) is 85.5 cm³/mol. The minimum Gasteiger partial charge on any atom is -0.323 e. The predicted octanol–water partition coefficient (Wildman–Crippen LogP) is 4.26. The van der Waals surface area contributed by atoms with Crippen LogP contribution in [-0.4, -0.2) is 16.6 Å². The van der Waals surface area contributed by atoms with E-state index in [9.17, 15) is 4.79 Å². The van der Waals surface area contributed by atoms with Crippen LogP contribution < -0.4 is 5.32 Å². The Morgan fingerprint density at radius 1 is 1.25 bits per heavy atom. The second kappa shape index (κ2) is 7.53. The number of anilines is 1. The fourth-order valence-corrected chi connectivity index (χ4v) is 2.71. The highest BCUT2D eigenvalue weighted by atomic mass is 35.5. The highest BCUT2D eigenvalue weighted by molar-refractivity contribution is 7.99. The van der Waals surface area contributed by atoms with Crippen molar-refractivity contribution in [3.8, 4) is 0 Å². The van der Waals surface area contributed by atoms with Crippen LogP contribution in [0, 0.1) is 0 Å². The molecule has 0 bridgehead atoms. The standard InChI is InChI=1S/C14H12Cl2N2OS/c15-11-4-1-3-10(7-11)8-20-9-13(19)18-12-5-2-6-17-14(12)16/h1-7H,8-9H2,(H,18,19). The topological polar surface area (TPSA) is 42.0 Å². The number of benzene rings is 1. The molecule has 1 amide bonds. The van der Waals surface area contributed by atoms with Gasteiger partial charge in [-0.15, -0.1) is 11.8 Å². The van der Waals surface area contributed by atoms with Crippen molar-refractivity contribution in [2.24, 2.45) is 0 Å². The molecule has 2 aromatic rings. The van der Waals surface area contributed by atoms with E-state index in [1.165, 1.54) is 11.8 Å². The van der Waals surface area contributed by atoms with Crippen LogP contribution in [0.3, 0.4) is 0 Å². The molecule has 0 aliphatic carbocycles. The fraction of sp³-hybridized carbons (Fsp3) is 0.143. The van der Waals surface area contributed by atoms with Crippen LogP contribution in [-0.2, 0) is 10.5 Å². The summed E-state index contributed by atoms with van der Waals surface area (Å²) in [6.07, 6.45) is 1.58. The number of hydrogen-bond donors (Lipinski definition) is 1. The van der Waals surface area contributed by atoms with Gasteiger partial charge in [-0.1, -0.05) is 35.3 Å². The van der Waals surface area contributed by atoms with Gasteiger partial charge in [0.1, 0.15) is 0 Å². The van der Waals surface area contributed by atoms with Crippen LogP contribution in [0.15, 0.2) is 42.6 Å². The van der Waals surface area contributed by atoms with Gasteiger partial charge in [0.05, 0.1) is 11.4 Å². The van der Waals surface area contributed by atoms with E-state index in [4.69, 9.17) is 23.2 Å². The number of amides is 1. The number of hydrogen-bond acceptors (Lipinski definition) is 3. The van der Waals surface area contributed by atoms with Crippen molar-refractivity contribution >= 4 is 46.6 Å². The third kappa shape index (κ3) is 4.71. The average molecular weight is 327 g/mol. The summed E-state index contributed by atoms with van der Waals surface area (Å²) >= 11 is 13.3. The first kappa shape index (κ1) is 15.2.